The van der Waals surface area contributed by atoms with E-state index in [4.69, 9.17) is 4.74 Å². The van der Waals surface area contributed by atoms with Crippen LogP contribution in [0.4, 0.5) is 0 Å². The molecule has 0 aromatic heterocycles. The average Bonchev–Trinajstić information content (AvgIpc) is 2.38. The molecule has 0 atom stereocenters. The molecule has 0 amide bonds. The van der Waals surface area contributed by atoms with Gasteiger partial charge in [0.25, 0.3) is 0 Å². The van der Waals surface area contributed by atoms with Gasteiger partial charge in [-0.2, -0.15) is 0 Å². The lowest BCUT2D eigenvalue weighted by Gasteiger charge is -2.19. The fourth-order valence-electron chi connectivity index (χ4n) is 1.72. The van der Waals surface area contributed by atoms with E-state index in [2.05, 4.69) is 4.90 Å². The van der Waals surface area contributed by atoms with E-state index in [1.807, 2.05) is 0 Å². The zero-order valence-corrected chi connectivity index (χ0v) is 10.3. The molecule has 6 heteroatoms. The van der Waals surface area contributed by atoms with Gasteiger partial charge in [0, 0.05) is 33.3 Å². The van der Waals surface area contributed by atoms with Gasteiger partial charge in [0.05, 0.1) is 12.9 Å². The highest BCUT2D eigenvalue weighted by molar-refractivity contribution is 7.88. The maximum absolute atomic E-state index is 11.3. The maximum Gasteiger partial charge on any atom is 0.211 e. The topological polar surface area (TPSA) is 49.9 Å². The average molecular weight is 236 g/mol. The highest BCUT2D eigenvalue weighted by Gasteiger charge is 2.20. The molecule has 5 nitrogen and oxygen atoms in total. The van der Waals surface area contributed by atoms with Gasteiger partial charge < -0.3 is 4.74 Å². The SMILES string of the molecule is COCCN1CCCN(S(C)(=O)=O)CC1. The van der Waals surface area contributed by atoms with Crippen LogP contribution in [-0.4, -0.2) is 70.3 Å². The summed E-state index contributed by atoms with van der Waals surface area (Å²) in [6.07, 6.45) is 2.18. The predicted molar refractivity (Wildman–Crippen MR) is 59.3 cm³/mol. The lowest BCUT2D eigenvalue weighted by Crippen LogP contribution is -2.35. The molecule has 1 aliphatic heterocycles. The molecule has 1 rings (SSSR count). The Labute approximate surface area is 92.0 Å². The van der Waals surface area contributed by atoms with Crippen molar-refractivity contribution in [3.63, 3.8) is 0 Å². The molecule has 0 aromatic carbocycles. The summed E-state index contributed by atoms with van der Waals surface area (Å²) < 4.78 is 29.2. The molecule has 0 N–H and O–H groups in total. The number of nitrogens with zero attached hydrogens (tertiary/aromatic N) is 2. The van der Waals surface area contributed by atoms with Crippen LogP contribution in [0, 0.1) is 0 Å². The van der Waals surface area contributed by atoms with Crippen molar-refractivity contribution in [1.82, 2.24) is 9.21 Å². The fraction of sp³-hybridized carbons (Fsp3) is 1.00. The van der Waals surface area contributed by atoms with Crippen LogP contribution in [0.3, 0.4) is 0 Å². The number of hydrogen-bond acceptors (Lipinski definition) is 4. The first-order valence-electron chi connectivity index (χ1n) is 5.20. The Bertz CT molecular complexity index is 279. The summed E-state index contributed by atoms with van der Waals surface area (Å²) in [6, 6.07) is 0. The molecule has 90 valence electrons. The number of methoxy groups -OCH3 is 1. The van der Waals surface area contributed by atoms with E-state index in [1.165, 1.54) is 6.26 Å². The second kappa shape index (κ2) is 5.79. The predicted octanol–water partition coefficient (Wildman–Crippen LogP) is -0.400. The van der Waals surface area contributed by atoms with Gasteiger partial charge in [-0.15, -0.1) is 0 Å². The van der Waals surface area contributed by atoms with Gasteiger partial charge in [0.1, 0.15) is 0 Å². The number of ether oxygens (including phenoxy) is 1. The van der Waals surface area contributed by atoms with Crippen molar-refractivity contribution in [3.05, 3.63) is 0 Å². The summed E-state index contributed by atoms with van der Waals surface area (Å²) in [4.78, 5) is 2.24. The fourth-order valence-corrected chi connectivity index (χ4v) is 2.60. The van der Waals surface area contributed by atoms with E-state index in [0.717, 1.165) is 26.1 Å². The van der Waals surface area contributed by atoms with Crippen LogP contribution in [-0.2, 0) is 14.8 Å². The minimum absolute atomic E-state index is 0.600. The van der Waals surface area contributed by atoms with Crippen LogP contribution in [0.25, 0.3) is 0 Å². The smallest absolute Gasteiger partial charge is 0.211 e. The third-order valence-electron chi connectivity index (χ3n) is 2.63. The number of sulfonamides is 1. The summed E-state index contributed by atoms with van der Waals surface area (Å²) in [5, 5.41) is 0. The standard InChI is InChI=1S/C9H20N2O3S/c1-14-9-8-10-4-3-5-11(7-6-10)15(2,12)13/h3-9H2,1-2H3. The van der Waals surface area contributed by atoms with Crippen LogP contribution >= 0.6 is 0 Å². The minimum atomic E-state index is -3.02. The van der Waals surface area contributed by atoms with E-state index >= 15 is 0 Å². The molecule has 0 radical (unpaired) electrons. The van der Waals surface area contributed by atoms with Crippen molar-refractivity contribution in [2.24, 2.45) is 0 Å². The molecule has 1 saturated heterocycles. The third-order valence-corrected chi connectivity index (χ3v) is 3.93. The van der Waals surface area contributed by atoms with E-state index in [-0.39, 0.29) is 0 Å². The Balaban J connectivity index is 2.42. The van der Waals surface area contributed by atoms with E-state index in [0.29, 0.717) is 19.7 Å². The molecule has 0 bridgehead atoms. The first kappa shape index (κ1) is 12.9. The van der Waals surface area contributed by atoms with Crippen LogP contribution in [0.2, 0.25) is 0 Å². The Morgan fingerprint density at radius 2 is 1.93 bits per heavy atom. The quantitative estimate of drug-likeness (QED) is 0.666. The Kier molecular flexibility index (Phi) is 4.98. The van der Waals surface area contributed by atoms with Gasteiger partial charge in [-0.25, -0.2) is 12.7 Å². The number of hydrogen-bond donors (Lipinski definition) is 0. The van der Waals surface area contributed by atoms with E-state index < -0.39 is 10.0 Å². The van der Waals surface area contributed by atoms with Gasteiger partial charge in [0.15, 0.2) is 0 Å². The Morgan fingerprint density at radius 3 is 2.53 bits per heavy atom. The van der Waals surface area contributed by atoms with Crippen LogP contribution in [0.5, 0.6) is 0 Å². The van der Waals surface area contributed by atoms with Crippen LogP contribution < -0.4 is 0 Å². The van der Waals surface area contributed by atoms with E-state index in [9.17, 15) is 8.42 Å². The molecule has 1 heterocycles. The first-order chi connectivity index (χ1) is 7.04. The molecular weight excluding hydrogens is 216 g/mol. The molecule has 1 aliphatic rings. The molecule has 0 unspecified atom stereocenters. The summed E-state index contributed by atoms with van der Waals surface area (Å²) in [7, 11) is -1.34. The van der Waals surface area contributed by atoms with E-state index in [1.54, 1.807) is 11.4 Å². The van der Waals surface area contributed by atoms with Crippen molar-refractivity contribution >= 4 is 10.0 Å². The Morgan fingerprint density at radius 1 is 1.20 bits per heavy atom. The van der Waals surface area contributed by atoms with Gasteiger partial charge in [-0.1, -0.05) is 0 Å². The number of rotatable bonds is 4. The molecule has 0 aliphatic carbocycles. The summed E-state index contributed by atoms with van der Waals surface area (Å²) in [5.74, 6) is 0. The lowest BCUT2D eigenvalue weighted by atomic mass is 10.4. The van der Waals surface area contributed by atoms with Gasteiger partial charge in [0.2, 0.25) is 10.0 Å². The van der Waals surface area contributed by atoms with Gasteiger partial charge in [-0.3, -0.25) is 4.90 Å². The second-order valence-electron chi connectivity index (χ2n) is 3.85. The summed E-state index contributed by atoms with van der Waals surface area (Å²) in [6.45, 7) is 4.59. The monoisotopic (exact) mass is 236 g/mol. The third kappa shape index (κ3) is 4.46. The normalized spacial score (nSPS) is 21.5. The summed E-state index contributed by atoms with van der Waals surface area (Å²) in [5.41, 5.74) is 0. The largest absolute Gasteiger partial charge is 0.383 e. The van der Waals surface area contributed by atoms with Crippen LogP contribution in [0.15, 0.2) is 0 Å². The minimum Gasteiger partial charge on any atom is -0.383 e. The van der Waals surface area contributed by atoms with Crippen molar-refractivity contribution in [2.45, 2.75) is 6.42 Å². The van der Waals surface area contributed by atoms with Crippen molar-refractivity contribution in [1.29, 1.82) is 0 Å². The van der Waals surface area contributed by atoms with Crippen molar-refractivity contribution in [2.75, 3.05) is 52.7 Å². The zero-order chi connectivity index (χ0) is 11.3. The second-order valence-corrected chi connectivity index (χ2v) is 5.83. The molecule has 15 heavy (non-hydrogen) atoms. The van der Waals surface area contributed by atoms with Crippen molar-refractivity contribution in [3.8, 4) is 0 Å². The molecular formula is C9H20N2O3S. The maximum atomic E-state index is 11.3. The first-order valence-corrected chi connectivity index (χ1v) is 7.05. The Hall–Kier alpha value is -0.170. The molecule has 0 spiro atoms. The highest BCUT2D eigenvalue weighted by Crippen LogP contribution is 2.06. The molecule has 0 saturated carbocycles. The zero-order valence-electron chi connectivity index (χ0n) is 9.48. The van der Waals surface area contributed by atoms with Crippen LogP contribution in [0.1, 0.15) is 6.42 Å². The molecule has 1 fully saturated rings. The highest BCUT2D eigenvalue weighted by atomic mass is 32.2. The van der Waals surface area contributed by atoms with Gasteiger partial charge >= 0.3 is 0 Å². The lowest BCUT2D eigenvalue weighted by molar-refractivity contribution is 0.151. The van der Waals surface area contributed by atoms with Crippen molar-refractivity contribution < 1.29 is 13.2 Å². The molecule has 0 aromatic rings. The summed E-state index contributed by atoms with van der Waals surface area (Å²) >= 11 is 0. The van der Waals surface area contributed by atoms with Gasteiger partial charge in [-0.05, 0) is 13.0 Å².